The maximum atomic E-state index is 12.3. The van der Waals surface area contributed by atoms with Crippen LogP contribution in [-0.2, 0) is 15.2 Å². The fraction of sp³-hybridized carbons (Fsp3) is 0.333. The first kappa shape index (κ1) is 18.9. The van der Waals surface area contributed by atoms with Gasteiger partial charge in [-0.1, -0.05) is 36.4 Å². The smallest absolute Gasteiger partial charge is 0.313 e. The number of benzene rings is 2. The number of carbonyl (C=O) groups is 2. The first-order valence-electron chi connectivity index (χ1n) is 8.96. The molecule has 0 saturated heterocycles. The van der Waals surface area contributed by atoms with Crippen molar-refractivity contribution in [1.82, 2.24) is 5.32 Å². The molecule has 0 spiro atoms. The molecule has 0 aromatic heterocycles. The normalized spacial score (nSPS) is 15.5. The lowest BCUT2D eigenvalue weighted by Gasteiger charge is -2.29. The Hall–Kier alpha value is -2.86. The van der Waals surface area contributed by atoms with Gasteiger partial charge < -0.3 is 20.5 Å². The van der Waals surface area contributed by atoms with E-state index in [1.165, 1.54) is 7.11 Å². The van der Waals surface area contributed by atoms with Gasteiger partial charge in [0, 0.05) is 0 Å². The molecule has 1 fully saturated rings. The van der Waals surface area contributed by atoms with E-state index in [1.807, 2.05) is 43.3 Å². The molecule has 1 atom stereocenters. The Bertz CT molecular complexity index is 833. The zero-order valence-corrected chi connectivity index (χ0v) is 15.5. The summed E-state index contributed by atoms with van der Waals surface area (Å²) in [5, 5.41) is 16.2. The molecule has 1 unspecified atom stereocenters. The van der Waals surface area contributed by atoms with Crippen LogP contribution in [0.1, 0.15) is 24.0 Å². The highest BCUT2D eigenvalue weighted by atomic mass is 16.5. The van der Waals surface area contributed by atoms with Crippen LogP contribution in [0.2, 0.25) is 0 Å². The lowest BCUT2D eigenvalue weighted by molar-refractivity contribution is -0.137. The molecule has 0 bridgehead atoms. The highest BCUT2D eigenvalue weighted by Gasteiger charge is 2.45. The Labute approximate surface area is 158 Å². The van der Waals surface area contributed by atoms with Crippen LogP contribution >= 0.6 is 0 Å². The summed E-state index contributed by atoms with van der Waals surface area (Å²) in [6, 6.07) is 14.5. The lowest BCUT2D eigenvalue weighted by atomic mass is 9.88. The van der Waals surface area contributed by atoms with Crippen molar-refractivity contribution < 1.29 is 19.4 Å². The minimum absolute atomic E-state index is 0.0150. The minimum Gasteiger partial charge on any atom is -0.495 e. The predicted octanol–water partition coefficient (Wildman–Crippen LogP) is 2.36. The van der Waals surface area contributed by atoms with Crippen LogP contribution in [0.15, 0.2) is 48.5 Å². The molecular weight excluding hydrogens is 344 g/mol. The summed E-state index contributed by atoms with van der Waals surface area (Å²) in [5.41, 5.74) is 0.934. The van der Waals surface area contributed by atoms with Gasteiger partial charge in [0.1, 0.15) is 11.4 Å². The van der Waals surface area contributed by atoms with Crippen molar-refractivity contribution in [2.24, 2.45) is 5.92 Å². The molecule has 0 aliphatic heterocycles. The maximum Gasteiger partial charge on any atom is 0.313 e. The lowest BCUT2D eigenvalue weighted by Crippen LogP contribution is -2.45. The van der Waals surface area contributed by atoms with Gasteiger partial charge in [0.15, 0.2) is 0 Å². The number of rotatable bonds is 6. The molecule has 2 aromatic carbocycles. The quantitative estimate of drug-likeness (QED) is 0.683. The number of carbonyl (C=O) groups excluding carboxylic acids is 2. The van der Waals surface area contributed by atoms with E-state index in [9.17, 15) is 14.7 Å². The van der Waals surface area contributed by atoms with E-state index in [2.05, 4.69) is 10.6 Å². The molecule has 6 heteroatoms. The molecule has 1 aliphatic rings. The molecule has 6 nitrogen and oxygen atoms in total. The molecule has 27 heavy (non-hydrogen) atoms. The second-order valence-corrected chi connectivity index (χ2v) is 6.91. The molecule has 0 heterocycles. The molecule has 142 valence electrons. The van der Waals surface area contributed by atoms with Crippen LogP contribution in [0, 0.1) is 12.8 Å². The Balaban J connectivity index is 1.66. The summed E-state index contributed by atoms with van der Waals surface area (Å²) >= 11 is 0. The third-order valence-electron chi connectivity index (χ3n) is 4.85. The molecule has 3 rings (SSSR count). The van der Waals surface area contributed by atoms with Crippen LogP contribution in [0.3, 0.4) is 0 Å². The van der Waals surface area contributed by atoms with E-state index in [-0.39, 0.29) is 12.5 Å². The van der Waals surface area contributed by atoms with Crippen molar-refractivity contribution in [3.8, 4) is 5.75 Å². The van der Waals surface area contributed by atoms with Crippen molar-refractivity contribution in [2.45, 2.75) is 25.4 Å². The van der Waals surface area contributed by atoms with Gasteiger partial charge in [-0.15, -0.1) is 0 Å². The van der Waals surface area contributed by atoms with Crippen molar-refractivity contribution in [3.05, 3.63) is 59.7 Å². The minimum atomic E-state index is -1.17. The summed E-state index contributed by atoms with van der Waals surface area (Å²) in [7, 11) is 1.50. The Morgan fingerprint density at radius 3 is 2.48 bits per heavy atom. The van der Waals surface area contributed by atoms with Crippen molar-refractivity contribution >= 4 is 17.5 Å². The van der Waals surface area contributed by atoms with Crippen LogP contribution in [-0.4, -0.2) is 30.6 Å². The second kappa shape index (κ2) is 7.80. The maximum absolute atomic E-state index is 12.3. The Kier molecular flexibility index (Phi) is 5.46. The molecular formula is C21H24N2O4. The number of aryl methyl sites for hydroxylation is 1. The van der Waals surface area contributed by atoms with Crippen molar-refractivity contribution in [2.75, 3.05) is 19.0 Å². The number of aliphatic hydroxyl groups is 1. The fourth-order valence-corrected chi connectivity index (χ4v) is 3.16. The van der Waals surface area contributed by atoms with Crippen LogP contribution in [0.25, 0.3) is 0 Å². The summed E-state index contributed by atoms with van der Waals surface area (Å²) in [4.78, 5) is 24.5. The summed E-state index contributed by atoms with van der Waals surface area (Å²) in [6.45, 7) is 1.86. The molecule has 1 saturated carbocycles. The highest BCUT2D eigenvalue weighted by Crippen LogP contribution is 2.45. The molecule has 2 aromatic rings. The number of amides is 2. The summed E-state index contributed by atoms with van der Waals surface area (Å²) in [6.07, 6.45) is 1.79. The number of hydrogen-bond acceptors (Lipinski definition) is 4. The zero-order chi connectivity index (χ0) is 19.4. The van der Waals surface area contributed by atoms with E-state index in [0.717, 1.165) is 24.0 Å². The van der Waals surface area contributed by atoms with Crippen molar-refractivity contribution in [3.63, 3.8) is 0 Å². The van der Waals surface area contributed by atoms with E-state index in [0.29, 0.717) is 11.4 Å². The Morgan fingerprint density at radius 2 is 1.85 bits per heavy atom. The van der Waals surface area contributed by atoms with Gasteiger partial charge in [-0.3, -0.25) is 9.59 Å². The topological polar surface area (TPSA) is 87.7 Å². The third-order valence-corrected chi connectivity index (χ3v) is 4.85. The van der Waals surface area contributed by atoms with E-state index in [1.54, 1.807) is 12.1 Å². The first-order chi connectivity index (χ1) is 12.9. The van der Waals surface area contributed by atoms with Gasteiger partial charge in [0.25, 0.3) is 0 Å². The average molecular weight is 368 g/mol. The number of ether oxygens (including phenoxy) is 1. The third kappa shape index (κ3) is 4.28. The number of nitrogens with one attached hydrogen (secondary N) is 2. The zero-order valence-electron chi connectivity index (χ0n) is 15.5. The molecule has 0 radical (unpaired) electrons. The predicted molar refractivity (Wildman–Crippen MR) is 102 cm³/mol. The van der Waals surface area contributed by atoms with E-state index in [4.69, 9.17) is 4.74 Å². The fourth-order valence-electron chi connectivity index (χ4n) is 3.16. The van der Waals surface area contributed by atoms with E-state index < -0.39 is 17.4 Å². The van der Waals surface area contributed by atoms with Crippen LogP contribution in [0.5, 0.6) is 5.75 Å². The van der Waals surface area contributed by atoms with Gasteiger partial charge in [0.05, 0.1) is 19.3 Å². The van der Waals surface area contributed by atoms with Gasteiger partial charge in [-0.25, -0.2) is 0 Å². The highest BCUT2D eigenvalue weighted by molar-refractivity contribution is 6.39. The van der Waals surface area contributed by atoms with E-state index >= 15 is 0 Å². The molecule has 2 amide bonds. The number of hydrogen-bond donors (Lipinski definition) is 3. The summed E-state index contributed by atoms with van der Waals surface area (Å²) < 4.78 is 5.21. The van der Waals surface area contributed by atoms with Crippen LogP contribution < -0.4 is 15.4 Å². The second-order valence-electron chi connectivity index (χ2n) is 6.91. The standard InChI is InChI=1S/C21H24N2O4/c1-14-8-11-18(27-2)17(12-14)23-20(25)19(24)22-13-21(26,16-9-10-16)15-6-4-3-5-7-15/h3-8,11-12,16,26H,9-10,13H2,1-2H3,(H,22,24)(H,23,25). The van der Waals surface area contributed by atoms with Gasteiger partial charge in [0.2, 0.25) is 0 Å². The Morgan fingerprint density at radius 1 is 1.15 bits per heavy atom. The largest absolute Gasteiger partial charge is 0.495 e. The molecule has 1 aliphatic carbocycles. The number of methoxy groups -OCH3 is 1. The SMILES string of the molecule is COc1ccc(C)cc1NC(=O)C(=O)NCC(O)(c1ccccc1)C1CC1. The van der Waals surface area contributed by atoms with Crippen LogP contribution in [0.4, 0.5) is 5.69 Å². The van der Waals surface area contributed by atoms with Gasteiger partial charge in [-0.05, 0) is 48.9 Å². The first-order valence-corrected chi connectivity index (χ1v) is 8.96. The average Bonchev–Trinajstić information content (AvgIpc) is 3.52. The summed E-state index contributed by atoms with van der Waals surface area (Å²) in [5.74, 6) is -1.04. The molecule has 3 N–H and O–H groups in total. The van der Waals surface area contributed by atoms with Gasteiger partial charge in [-0.2, -0.15) is 0 Å². The van der Waals surface area contributed by atoms with Gasteiger partial charge >= 0.3 is 11.8 Å². The monoisotopic (exact) mass is 368 g/mol. The number of anilines is 1. The van der Waals surface area contributed by atoms with Crippen molar-refractivity contribution in [1.29, 1.82) is 0 Å².